The second-order valence-electron chi connectivity index (χ2n) is 4.20. The minimum atomic E-state index is -0.782. The number of carbonyl (C=O) groups excluding carboxylic acids is 1. The Hall–Kier alpha value is -1.95. The van der Waals surface area contributed by atoms with Crippen molar-refractivity contribution in [2.45, 2.75) is 32.2 Å². The number of nitrogens with zero attached hydrogens (tertiary/aromatic N) is 1. The Balaban J connectivity index is 2.25. The van der Waals surface area contributed by atoms with Crippen LogP contribution in [-0.2, 0) is 11.3 Å². The Morgan fingerprint density at radius 3 is 2.79 bits per heavy atom. The van der Waals surface area contributed by atoms with Gasteiger partial charge in [0.05, 0.1) is 5.69 Å². The van der Waals surface area contributed by atoms with Crippen LogP contribution in [0.4, 0.5) is 0 Å². The number of aromatic nitrogens is 1. The highest BCUT2D eigenvalue weighted by Gasteiger charge is 2.05. The van der Waals surface area contributed by atoms with Crippen LogP contribution >= 0.6 is 0 Å². The van der Waals surface area contributed by atoms with Gasteiger partial charge in [-0.05, 0) is 25.0 Å². The van der Waals surface area contributed by atoms with Gasteiger partial charge in [-0.15, -0.1) is 0 Å². The molecule has 0 saturated heterocycles. The summed E-state index contributed by atoms with van der Waals surface area (Å²) >= 11 is 0. The summed E-state index contributed by atoms with van der Waals surface area (Å²) in [7, 11) is 0. The largest absolute Gasteiger partial charge is 0.481 e. The van der Waals surface area contributed by atoms with E-state index in [1.165, 1.54) is 0 Å². The molecule has 1 aromatic rings. The van der Waals surface area contributed by atoms with Crippen molar-refractivity contribution in [3.05, 3.63) is 29.6 Å². The standard InChI is InChI=1S/C13H19N3O3/c14-9-11-8-10(5-7-15-11)13(19)16-6-3-1-2-4-12(17)18/h5,7-8H,1-4,6,9,14H2,(H,16,19)(H,17,18). The molecule has 0 spiro atoms. The number of hydrogen-bond donors (Lipinski definition) is 3. The lowest BCUT2D eigenvalue weighted by atomic mass is 10.2. The van der Waals surface area contributed by atoms with E-state index in [9.17, 15) is 9.59 Å². The van der Waals surface area contributed by atoms with E-state index in [0.29, 0.717) is 30.8 Å². The number of unbranched alkanes of at least 4 members (excludes halogenated alkanes) is 2. The van der Waals surface area contributed by atoms with Crippen LogP contribution in [0.3, 0.4) is 0 Å². The molecule has 0 aliphatic heterocycles. The number of carbonyl (C=O) groups is 2. The number of nitrogens with one attached hydrogen (secondary N) is 1. The predicted octanol–water partition coefficient (Wildman–Crippen LogP) is 0.915. The van der Waals surface area contributed by atoms with Crippen LogP contribution in [-0.4, -0.2) is 28.5 Å². The molecule has 1 amide bonds. The van der Waals surface area contributed by atoms with E-state index in [0.717, 1.165) is 12.8 Å². The molecule has 104 valence electrons. The Bertz CT molecular complexity index is 435. The van der Waals surface area contributed by atoms with E-state index in [2.05, 4.69) is 10.3 Å². The highest BCUT2D eigenvalue weighted by molar-refractivity contribution is 5.94. The van der Waals surface area contributed by atoms with Crippen molar-refractivity contribution in [2.24, 2.45) is 5.73 Å². The first-order chi connectivity index (χ1) is 9.13. The zero-order valence-electron chi connectivity index (χ0n) is 10.8. The van der Waals surface area contributed by atoms with Crippen molar-refractivity contribution in [2.75, 3.05) is 6.54 Å². The van der Waals surface area contributed by atoms with Gasteiger partial charge in [-0.3, -0.25) is 14.6 Å². The van der Waals surface area contributed by atoms with Crippen LogP contribution in [0.25, 0.3) is 0 Å². The molecule has 0 aliphatic carbocycles. The van der Waals surface area contributed by atoms with E-state index in [1.807, 2.05) is 0 Å². The molecule has 6 nitrogen and oxygen atoms in total. The monoisotopic (exact) mass is 265 g/mol. The summed E-state index contributed by atoms with van der Waals surface area (Å²) < 4.78 is 0. The molecule has 4 N–H and O–H groups in total. The molecule has 0 saturated carbocycles. The van der Waals surface area contributed by atoms with Gasteiger partial charge in [-0.2, -0.15) is 0 Å². The van der Waals surface area contributed by atoms with Gasteiger partial charge in [-0.1, -0.05) is 6.42 Å². The predicted molar refractivity (Wildman–Crippen MR) is 70.6 cm³/mol. The van der Waals surface area contributed by atoms with Crippen LogP contribution in [0, 0.1) is 0 Å². The van der Waals surface area contributed by atoms with Crippen molar-refractivity contribution < 1.29 is 14.7 Å². The molecule has 1 heterocycles. The van der Waals surface area contributed by atoms with Crippen LogP contribution in [0.1, 0.15) is 41.7 Å². The Morgan fingerprint density at radius 2 is 2.11 bits per heavy atom. The number of amides is 1. The fourth-order valence-corrected chi connectivity index (χ4v) is 1.61. The first-order valence-electron chi connectivity index (χ1n) is 6.28. The first-order valence-corrected chi connectivity index (χ1v) is 6.28. The third-order valence-corrected chi connectivity index (χ3v) is 2.64. The van der Waals surface area contributed by atoms with E-state index in [4.69, 9.17) is 10.8 Å². The van der Waals surface area contributed by atoms with Crippen molar-refractivity contribution in [1.29, 1.82) is 0 Å². The maximum atomic E-state index is 11.8. The van der Waals surface area contributed by atoms with Gasteiger partial charge in [0.2, 0.25) is 0 Å². The smallest absolute Gasteiger partial charge is 0.303 e. The summed E-state index contributed by atoms with van der Waals surface area (Å²) in [6, 6.07) is 3.30. The zero-order chi connectivity index (χ0) is 14.1. The van der Waals surface area contributed by atoms with Gasteiger partial charge in [-0.25, -0.2) is 0 Å². The van der Waals surface area contributed by atoms with Gasteiger partial charge in [0.1, 0.15) is 0 Å². The van der Waals surface area contributed by atoms with Crippen LogP contribution in [0.15, 0.2) is 18.3 Å². The maximum Gasteiger partial charge on any atom is 0.303 e. The number of carboxylic acid groups (broad SMARTS) is 1. The van der Waals surface area contributed by atoms with E-state index in [-0.39, 0.29) is 12.3 Å². The normalized spacial score (nSPS) is 10.2. The summed E-state index contributed by atoms with van der Waals surface area (Å²) in [4.78, 5) is 26.1. The van der Waals surface area contributed by atoms with E-state index in [1.54, 1.807) is 18.3 Å². The lowest BCUT2D eigenvalue weighted by Gasteiger charge is -2.05. The third-order valence-electron chi connectivity index (χ3n) is 2.64. The van der Waals surface area contributed by atoms with Gasteiger partial charge in [0.15, 0.2) is 0 Å². The molecule has 0 aliphatic rings. The molecule has 1 rings (SSSR count). The SMILES string of the molecule is NCc1cc(C(=O)NCCCCCC(=O)O)ccn1. The molecule has 0 bridgehead atoms. The molecule has 0 fully saturated rings. The highest BCUT2D eigenvalue weighted by Crippen LogP contribution is 2.02. The number of rotatable bonds is 8. The van der Waals surface area contributed by atoms with Crippen molar-refractivity contribution in [3.63, 3.8) is 0 Å². The minimum Gasteiger partial charge on any atom is -0.481 e. The van der Waals surface area contributed by atoms with Gasteiger partial charge in [0, 0.05) is 31.3 Å². The highest BCUT2D eigenvalue weighted by atomic mass is 16.4. The Morgan fingerprint density at radius 1 is 1.32 bits per heavy atom. The minimum absolute atomic E-state index is 0.157. The molecule has 1 aromatic heterocycles. The fraction of sp³-hybridized carbons (Fsp3) is 0.462. The quantitative estimate of drug-likeness (QED) is 0.606. The summed E-state index contributed by atoms with van der Waals surface area (Å²) in [5, 5.41) is 11.3. The molecule has 6 heteroatoms. The number of carboxylic acids is 1. The lowest BCUT2D eigenvalue weighted by molar-refractivity contribution is -0.137. The van der Waals surface area contributed by atoms with E-state index < -0.39 is 5.97 Å². The fourth-order valence-electron chi connectivity index (χ4n) is 1.61. The lowest BCUT2D eigenvalue weighted by Crippen LogP contribution is -2.24. The average Bonchev–Trinajstić information content (AvgIpc) is 2.42. The molecule has 0 aromatic carbocycles. The van der Waals surface area contributed by atoms with Gasteiger partial charge in [0.25, 0.3) is 5.91 Å². The first kappa shape index (κ1) is 15.1. The molecule has 0 radical (unpaired) electrons. The second kappa shape index (κ2) is 8.20. The number of hydrogen-bond acceptors (Lipinski definition) is 4. The maximum absolute atomic E-state index is 11.8. The van der Waals surface area contributed by atoms with Crippen molar-refractivity contribution in [3.8, 4) is 0 Å². The number of aliphatic carboxylic acids is 1. The zero-order valence-corrected chi connectivity index (χ0v) is 10.8. The van der Waals surface area contributed by atoms with Gasteiger partial charge >= 0.3 is 5.97 Å². The third kappa shape index (κ3) is 5.96. The molecule has 0 atom stereocenters. The molecular formula is C13H19N3O3. The number of pyridine rings is 1. The van der Waals surface area contributed by atoms with Gasteiger partial charge < -0.3 is 16.2 Å². The van der Waals surface area contributed by atoms with E-state index >= 15 is 0 Å². The molecule has 19 heavy (non-hydrogen) atoms. The van der Waals surface area contributed by atoms with Crippen LogP contribution in [0.2, 0.25) is 0 Å². The van der Waals surface area contributed by atoms with Crippen molar-refractivity contribution in [1.82, 2.24) is 10.3 Å². The Labute approximate surface area is 112 Å². The Kier molecular flexibility index (Phi) is 6.52. The van der Waals surface area contributed by atoms with Crippen molar-refractivity contribution >= 4 is 11.9 Å². The summed E-state index contributed by atoms with van der Waals surface area (Å²) in [5.74, 6) is -0.939. The number of nitrogens with two attached hydrogens (primary N) is 1. The summed E-state index contributed by atoms with van der Waals surface area (Å²) in [6.07, 6.45) is 3.94. The topological polar surface area (TPSA) is 105 Å². The van der Waals surface area contributed by atoms with Crippen LogP contribution in [0.5, 0.6) is 0 Å². The second-order valence-corrected chi connectivity index (χ2v) is 4.20. The molecular weight excluding hydrogens is 246 g/mol. The molecule has 0 unspecified atom stereocenters. The average molecular weight is 265 g/mol. The van der Waals surface area contributed by atoms with Crippen LogP contribution < -0.4 is 11.1 Å². The summed E-state index contributed by atoms with van der Waals surface area (Å²) in [6.45, 7) is 0.842. The summed E-state index contributed by atoms with van der Waals surface area (Å²) in [5.41, 5.74) is 6.67.